The van der Waals surface area contributed by atoms with E-state index in [1.54, 1.807) is 25.2 Å². The second-order valence-electron chi connectivity index (χ2n) is 12.9. The van der Waals surface area contributed by atoms with Crippen molar-refractivity contribution in [3.8, 4) is 22.9 Å². The van der Waals surface area contributed by atoms with Crippen LogP contribution in [0, 0.1) is 5.92 Å². The number of aryl methyl sites for hydroxylation is 1. The van der Waals surface area contributed by atoms with Gasteiger partial charge in [0.25, 0.3) is 0 Å². The van der Waals surface area contributed by atoms with Gasteiger partial charge in [0, 0.05) is 37.0 Å². The molecule has 0 spiro atoms. The molecule has 1 aromatic heterocycles. The topological polar surface area (TPSA) is 93.4 Å². The van der Waals surface area contributed by atoms with Crippen LogP contribution in [0.4, 0.5) is 5.69 Å². The number of hydrogen-bond donors (Lipinski definition) is 1. The van der Waals surface area contributed by atoms with Crippen molar-refractivity contribution in [2.24, 2.45) is 15.9 Å². The molecule has 248 valence electrons. The third-order valence-electron chi connectivity index (χ3n) is 8.28. The lowest BCUT2D eigenvalue weighted by atomic mass is 9.95. The summed E-state index contributed by atoms with van der Waals surface area (Å²) in [6.45, 7) is 11.4. The molecule has 0 unspecified atom stereocenters. The average Bonchev–Trinajstić information content (AvgIpc) is 3.06. The number of ether oxygens (including phenoxy) is 2. The number of aliphatic imine (C=N–C) groups is 2. The van der Waals surface area contributed by atoms with Crippen molar-refractivity contribution in [3.63, 3.8) is 0 Å². The zero-order valence-corrected chi connectivity index (χ0v) is 28.8. The number of aromatic carboxylic acids is 1. The van der Waals surface area contributed by atoms with Gasteiger partial charge in [-0.3, -0.25) is 9.98 Å². The van der Waals surface area contributed by atoms with Crippen LogP contribution in [0.3, 0.4) is 0 Å². The summed E-state index contributed by atoms with van der Waals surface area (Å²) in [5.74, 6) is 0.962. The van der Waals surface area contributed by atoms with Gasteiger partial charge in [0.1, 0.15) is 12.4 Å². The van der Waals surface area contributed by atoms with Crippen LogP contribution >= 0.6 is 0 Å². The zero-order chi connectivity index (χ0) is 34.2. The second kappa shape index (κ2) is 15.7. The predicted molar refractivity (Wildman–Crippen MR) is 195 cm³/mol. The summed E-state index contributed by atoms with van der Waals surface area (Å²) in [7, 11) is 1.80. The zero-order valence-electron chi connectivity index (χ0n) is 28.8. The lowest BCUT2D eigenvalue weighted by Crippen LogP contribution is -2.08. The van der Waals surface area contributed by atoms with E-state index in [0.29, 0.717) is 31.4 Å². The number of carbonyl (C=O) groups is 1. The predicted octanol–water partition coefficient (Wildman–Crippen LogP) is 9.55. The Kier molecular flexibility index (Phi) is 11.2. The van der Waals surface area contributed by atoms with Gasteiger partial charge in [-0.05, 0) is 95.3 Å². The van der Waals surface area contributed by atoms with Gasteiger partial charge in [-0.15, -0.1) is 0 Å². The van der Waals surface area contributed by atoms with Crippen molar-refractivity contribution in [2.75, 3.05) is 13.7 Å². The molecule has 1 aliphatic heterocycles. The van der Waals surface area contributed by atoms with E-state index in [9.17, 15) is 9.90 Å². The molecule has 0 saturated carbocycles. The molecule has 0 fully saturated rings. The van der Waals surface area contributed by atoms with Crippen molar-refractivity contribution < 1.29 is 19.4 Å². The highest BCUT2D eigenvalue weighted by molar-refractivity contribution is 6.09. The van der Waals surface area contributed by atoms with E-state index in [0.717, 1.165) is 69.1 Å². The van der Waals surface area contributed by atoms with Crippen LogP contribution in [-0.2, 0) is 19.4 Å². The molecule has 0 aliphatic carbocycles. The van der Waals surface area contributed by atoms with E-state index in [4.69, 9.17) is 19.5 Å². The first kappa shape index (κ1) is 34.3. The Morgan fingerprint density at radius 1 is 0.958 bits per heavy atom. The maximum Gasteiger partial charge on any atom is 0.335 e. The summed E-state index contributed by atoms with van der Waals surface area (Å²) in [5, 5.41) is 9.49. The number of rotatable bonds is 8. The van der Waals surface area contributed by atoms with Crippen LogP contribution < -0.4 is 9.47 Å². The van der Waals surface area contributed by atoms with E-state index in [1.807, 2.05) is 45.2 Å². The molecule has 48 heavy (non-hydrogen) atoms. The van der Waals surface area contributed by atoms with Gasteiger partial charge in [-0.2, -0.15) is 0 Å². The van der Waals surface area contributed by atoms with Gasteiger partial charge in [0.15, 0.2) is 0 Å². The lowest BCUT2D eigenvalue weighted by Gasteiger charge is -2.17. The molecule has 5 rings (SSSR count). The van der Waals surface area contributed by atoms with Crippen LogP contribution in [0.1, 0.15) is 85.1 Å². The highest BCUT2D eigenvalue weighted by Crippen LogP contribution is 2.32. The first-order valence-electron chi connectivity index (χ1n) is 16.6. The molecule has 7 heteroatoms. The Morgan fingerprint density at radius 3 is 2.52 bits per heavy atom. The van der Waals surface area contributed by atoms with Crippen molar-refractivity contribution in [2.45, 2.75) is 66.4 Å². The Bertz CT molecular complexity index is 1870. The van der Waals surface area contributed by atoms with Crippen LogP contribution in [0.25, 0.3) is 16.8 Å². The third-order valence-corrected chi connectivity index (χ3v) is 8.28. The molecule has 0 amide bonds. The van der Waals surface area contributed by atoms with E-state index < -0.39 is 5.97 Å². The second-order valence-corrected chi connectivity index (χ2v) is 12.9. The number of allylic oxidation sites excluding steroid dienone is 2. The van der Waals surface area contributed by atoms with E-state index in [1.165, 1.54) is 5.56 Å². The highest BCUT2D eigenvalue weighted by Gasteiger charge is 2.15. The maximum absolute atomic E-state index is 11.6. The molecule has 3 aromatic carbocycles. The number of hydrogen-bond acceptors (Lipinski definition) is 6. The van der Waals surface area contributed by atoms with Gasteiger partial charge in [-0.25, -0.2) is 9.78 Å². The van der Waals surface area contributed by atoms with Crippen molar-refractivity contribution in [3.05, 3.63) is 112 Å². The number of pyridine rings is 1. The standard InChI is InChI=1S/C41H45N3O4/c1-26(2)19-35(24-42-6)30-12-15-34-25-48-40-11-7-10-37(44-40)31-13-14-32(39(23-31)47-18-8-9-29(34)21-30)20-28(5)43-38-17-16-33(41(45)46)22-36(38)27(3)4/h7,10-17,19,21-24,26-27H,8-9,18,20,25H2,1-6H3,(H,45,46)/b35-19+,42-24?,43-28?. The molecule has 2 heterocycles. The van der Waals surface area contributed by atoms with E-state index >= 15 is 0 Å². The van der Waals surface area contributed by atoms with Gasteiger partial charge in [0.05, 0.1) is 23.6 Å². The fourth-order valence-electron chi connectivity index (χ4n) is 5.91. The quantitative estimate of drug-likeness (QED) is 0.193. The molecule has 0 atom stereocenters. The lowest BCUT2D eigenvalue weighted by molar-refractivity contribution is 0.0696. The molecule has 7 nitrogen and oxygen atoms in total. The number of carboxylic acid groups (broad SMARTS) is 1. The highest BCUT2D eigenvalue weighted by atomic mass is 16.5. The number of nitrogens with zero attached hydrogens (tertiary/aromatic N) is 3. The molecule has 0 radical (unpaired) electrons. The first-order valence-corrected chi connectivity index (χ1v) is 16.6. The fraction of sp³-hybridized carbons (Fsp3) is 0.317. The molecular formula is C41H45N3O4. The van der Waals surface area contributed by atoms with Crippen LogP contribution in [0.2, 0.25) is 0 Å². The minimum atomic E-state index is -0.939. The molecule has 0 saturated heterocycles. The van der Waals surface area contributed by atoms with Crippen LogP contribution in [-0.4, -0.2) is 41.6 Å². The van der Waals surface area contributed by atoms with Crippen molar-refractivity contribution in [1.82, 2.24) is 4.98 Å². The van der Waals surface area contributed by atoms with Gasteiger partial charge in [-0.1, -0.05) is 70.2 Å². The molecule has 4 bridgehead atoms. The van der Waals surface area contributed by atoms with Gasteiger partial charge in [0.2, 0.25) is 5.88 Å². The van der Waals surface area contributed by atoms with Crippen molar-refractivity contribution in [1.29, 1.82) is 0 Å². The number of carboxylic acids is 1. The normalized spacial score (nSPS) is 14.0. The van der Waals surface area contributed by atoms with E-state index in [2.05, 4.69) is 61.3 Å². The minimum absolute atomic E-state index is 0.131. The van der Waals surface area contributed by atoms with Gasteiger partial charge >= 0.3 is 5.97 Å². The monoisotopic (exact) mass is 643 g/mol. The molecule has 1 N–H and O–H groups in total. The maximum atomic E-state index is 11.6. The summed E-state index contributed by atoms with van der Waals surface area (Å²) in [5.41, 5.74) is 10.2. The van der Waals surface area contributed by atoms with Gasteiger partial charge < -0.3 is 14.6 Å². The summed E-state index contributed by atoms with van der Waals surface area (Å²) in [4.78, 5) is 25.7. The van der Waals surface area contributed by atoms with Crippen LogP contribution in [0.15, 0.2) is 88.9 Å². The largest absolute Gasteiger partial charge is 0.493 e. The first-order chi connectivity index (χ1) is 23.1. The summed E-state index contributed by atoms with van der Waals surface area (Å²) < 4.78 is 12.8. The number of aromatic nitrogens is 1. The summed E-state index contributed by atoms with van der Waals surface area (Å²) in [6, 6.07) is 23.7. The Labute approximate surface area is 284 Å². The van der Waals surface area contributed by atoms with Crippen LogP contribution in [0.5, 0.6) is 11.6 Å². The summed E-state index contributed by atoms with van der Waals surface area (Å²) in [6.07, 6.45) is 6.41. The molecule has 4 aromatic rings. The summed E-state index contributed by atoms with van der Waals surface area (Å²) >= 11 is 0. The Balaban J connectivity index is 1.46. The van der Waals surface area contributed by atoms with E-state index in [-0.39, 0.29) is 11.5 Å². The van der Waals surface area contributed by atoms with Crippen molar-refractivity contribution >= 4 is 29.2 Å². The Morgan fingerprint density at radius 2 is 1.77 bits per heavy atom. The number of fused-ring (bicyclic) bond motifs is 6. The fourth-order valence-corrected chi connectivity index (χ4v) is 5.91. The molecule has 1 aliphatic rings. The SMILES string of the molecule is CN=C/C(=C\C(C)C)c1ccc2c(c1)CCCOc1cc(ccc1CC(C)=Nc1ccc(C(=O)O)cc1C(C)C)-c1cccc(n1)OC2. The number of benzene rings is 3. The molecular weight excluding hydrogens is 598 g/mol. The minimum Gasteiger partial charge on any atom is -0.493 e. The third kappa shape index (κ3) is 8.65. The smallest absolute Gasteiger partial charge is 0.335 e. The Hall–Kier alpha value is -5.04. The average molecular weight is 644 g/mol.